The molecule has 4 nitrogen and oxygen atoms in total. The van der Waals surface area contributed by atoms with Gasteiger partial charge >= 0.3 is 0 Å². The van der Waals surface area contributed by atoms with Crippen LogP contribution in [-0.4, -0.2) is 12.6 Å². The van der Waals surface area contributed by atoms with Crippen LogP contribution in [0.2, 0.25) is 0 Å². The van der Waals surface area contributed by atoms with Crippen LogP contribution in [0.25, 0.3) is 0 Å². The van der Waals surface area contributed by atoms with Gasteiger partial charge in [-0.1, -0.05) is 179 Å². The van der Waals surface area contributed by atoms with Crippen LogP contribution in [0.15, 0.2) is 0 Å². The molecule has 0 rings (SSSR count). The van der Waals surface area contributed by atoms with Gasteiger partial charge in [-0.25, -0.2) is 0 Å². The Morgan fingerprint density at radius 2 is 0.822 bits per heavy atom. The van der Waals surface area contributed by atoms with E-state index in [1.165, 1.54) is 12.8 Å². The van der Waals surface area contributed by atoms with Gasteiger partial charge in [-0.3, -0.25) is 0 Å². The molecule has 0 fully saturated rings. The Bertz CT molecular complexity index is 736. The molecule has 276 valence electrons. The topological polar surface area (TPSA) is 72.4 Å². The predicted octanol–water partition coefficient (Wildman–Crippen LogP) is 11.5. The fraction of sp³-hybridized carbons (Fsp3) is 0.976. The zero-order valence-electron chi connectivity index (χ0n) is 35.5. The molecule has 4 heteroatoms. The van der Waals surface area contributed by atoms with Crippen molar-refractivity contribution < 1.29 is 20.0 Å². The van der Waals surface area contributed by atoms with Crippen molar-refractivity contribution in [2.75, 3.05) is 6.61 Å². The average Bonchev–Trinajstić information content (AvgIpc) is 2.91. The molecular weight excluding hydrogens is 556 g/mol. The highest BCUT2D eigenvalue weighted by molar-refractivity contribution is 5.64. The predicted molar refractivity (Wildman–Crippen MR) is 197 cm³/mol. The summed E-state index contributed by atoms with van der Waals surface area (Å²) in [5.41, 5.74) is 2.61. The molecule has 0 aromatic rings. The third kappa shape index (κ3) is 12.4. The van der Waals surface area contributed by atoms with Crippen LogP contribution in [0.3, 0.4) is 0 Å². The smallest absolute Gasteiger partial charge is 0.0414 e. The van der Waals surface area contributed by atoms with Crippen molar-refractivity contribution in [1.82, 2.24) is 0 Å². The molecule has 0 N–H and O–H groups in total. The minimum absolute atomic E-state index is 0.00333. The Hall–Kier alpha value is -0.610. The second-order valence-corrected chi connectivity index (χ2v) is 18.4. The van der Waals surface area contributed by atoms with Crippen LogP contribution >= 0.6 is 0 Å². The Balaban J connectivity index is -0.000000285. The summed E-state index contributed by atoms with van der Waals surface area (Å²) in [6.45, 7) is 57.3. The number of aliphatic carboxylic acids is 1. The van der Waals surface area contributed by atoms with E-state index >= 15 is 0 Å². The highest BCUT2D eigenvalue weighted by atomic mass is 17.1. The number of hydrogen-bond donors (Lipinski definition) is 0. The largest absolute Gasteiger partial charge is 0.723 e. The summed E-state index contributed by atoms with van der Waals surface area (Å²) < 4.78 is 0. The van der Waals surface area contributed by atoms with Gasteiger partial charge < -0.3 is 20.0 Å². The number of carbonyl (C=O) groups is 1. The van der Waals surface area contributed by atoms with Gasteiger partial charge in [0.2, 0.25) is 0 Å². The van der Waals surface area contributed by atoms with Crippen molar-refractivity contribution in [2.45, 2.75) is 198 Å². The van der Waals surface area contributed by atoms with Gasteiger partial charge in [0, 0.05) is 12.6 Å². The molecule has 0 radical (unpaired) electrons. The first-order valence-corrected chi connectivity index (χ1v) is 18.2. The molecule has 0 aromatic heterocycles. The fourth-order valence-electron chi connectivity index (χ4n) is 6.06. The maximum absolute atomic E-state index is 9.73. The molecule has 0 amide bonds. The van der Waals surface area contributed by atoms with E-state index in [1.807, 2.05) is 13.8 Å². The Morgan fingerprint density at radius 1 is 0.556 bits per heavy atom. The summed E-state index contributed by atoms with van der Waals surface area (Å²) in [7, 11) is 0. The van der Waals surface area contributed by atoms with E-state index in [9.17, 15) is 15.2 Å². The Labute approximate surface area is 285 Å². The maximum Gasteiger partial charge on any atom is 0.0414 e. The van der Waals surface area contributed by atoms with Crippen LogP contribution < -0.4 is 10.4 Å². The van der Waals surface area contributed by atoms with E-state index < -0.39 is 5.97 Å². The highest BCUT2D eigenvalue weighted by Gasteiger charge is 2.55. The first-order valence-electron chi connectivity index (χ1n) is 18.2. The first kappa shape index (κ1) is 51.2. The third-order valence-electron chi connectivity index (χ3n) is 15.2. The molecule has 0 unspecified atom stereocenters. The molecule has 0 saturated heterocycles. The Kier molecular flexibility index (Phi) is 22.1. The van der Waals surface area contributed by atoms with Gasteiger partial charge in [-0.2, -0.15) is 0 Å². The molecule has 0 bridgehead atoms. The number of carboxylic acid groups (broad SMARTS) is 1. The van der Waals surface area contributed by atoms with Crippen LogP contribution in [0.4, 0.5) is 0 Å². The molecular formula is C41H86O4-2. The van der Waals surface area contributed by atoms with Gasteiger partial charge in [-0.05, 0) is 74.4 Å². The fourth-order valence-corrected chi connectivity index (χ4v) is 6.06. The minimum Gasteiger partial charge on any atom is -0.723 e. The summed E-state index contributed by atoms with van der Waals surface area (Å²) in [4.78, 5) is 13.2. The van der Waals surface area contributed by atoms with E-state index in [2.05, 4.69) is 157 Å². The molecule has 0 atom stereocenters. The number of carbonyl (C=O) groups excluding carboxylic acids is 1. The standard InChI is InChI=1S/2C17H36.C5H10O4.C2H6/c2*1-12-14(4,5)16(8,9)17(10,11)15(6,7)13(2)3;6-5(7)3-1-2-4-9-8;1-2/h2*13H,12H2,1-11H3;8H,1-4H2,(H,6,7);1-2H3/p-2. The monoisotopic (exact) mass is 643 g/mol. The normalized spacial score (nSPS) is 13.8. The van der Waals surface area contributed by atoms with Crippen molar-refractivity contribution in [1.29, 1.82) is 0 Å². The highest BCUT2D eigenvalue weighted by Crippen LogP contribution is 2.63. The second-order valence-electron chi connectivity index (χ2n) is 18.4. The van der Waals surface area contributed by atoms with E-state index in [4.69, 9.17) is 0 Å². The zero-order valence-corrected chi connectivity index (χ0v) is 35.5. The molecule has 0 saturated carbocycles. The van der Waals surface area contributed by atoms with Gasteiger partial charge in [0.1, 0.15) is 0 Å². The van der Waals surface area contributed by atoms with E-state index in [0.717, 1.165) is 0 Å². The van der Waals surface area contributed by atoms with Gasteiger partial charge in [0.25, 0.3) is 0 Å². The zero-order chi connectivity index (χ0) is 37.7. The number of rotatable bonds is 15. The summed E-state index contributed by atoms with van der Waals surface area (Å²) in [6.07, 6.45) is 3.40. The van der Waals surface area contributed by atoms with Gasteiger partial charge in [-0.15, -0.1) is 0 Å². The van der Waals surface area contributed by atoms with E-state index in [-0.39, 0.29) is 13.0 Å². The van der Waals surface area contributed by atoms with Crippen LogP contribution in [-0.2, 0) is 9.68 Å². The lowest BCUT2D eigenvalue weighted by molar-refractivity contribution is -0.689. The molecule has 45 heavy (non-hydrogen) atoms. The SMILES string of the molecule is CC.CCC(C)(C)C(C)(C)C(C)(C)C(C)(C)C(C)C.CCC(C)(C)C(C)(C)C(C)(C)C(C)(C)C(C)C.O=C([O-])CCCCO[O-]. The van der Waals surface area contributed by atoms with Crippen LogP contribution in [0.5, 0.6) is 0 Å². The van der Waals surface area contributed by atoms with Crippen molar-refractivity contribution in [3.8, 4) is 0 Å². The lowest BCUT2D eigenvalue weighted by Gasteiger charge is -2.60. The van der Waals surface area contributed by atoms with Gasteiger partial charge in [0.15, 0.2) is 0 Å². The molecule has 0 spiro atoms. The quantitative estimate of drug-likeness (QED) is 0.101. The summed E-state index contributed by atoms with van der Waals surface area (Å²) >= 11 is 0. The average molecular weight is 643 g/mol. The number of unbranched alkanes of at least 4 members (excludes halogenated alkanes) is 1. The molecule has 0 aliphatic heterocycles. The minimum atomic E-state index is -1.08. The van der Waals surface area contributed by atoms with Crippen molar-refractivity contribution in [2.24, 2.45) is 55.2 Å². The second kappa shape index (κ2) is 19.4. The van der Waals surface area contributed by atoms with Gasteiger partial charge in [0.05, 0.1) is 0 Å². The van der Waals surface area contributed by atoms with Crippen molar-refractivity contribution in [3.05, 3.63) is 0 Å². The summed E-state index contributed by atoms with van der Waals surface area (Å²) in [5.74, 6) is 0.315. The molecule has 0 heterocycles. The third-order valence-corrected chi connectivity index (χ3v) is 15.2. The van der Waals surface area contributed by atoms with Crippen LogP contribution in [0, 0.1) is 55.2 Å². The number of carboxylic acids is 1. The molecule has 0 aliphatic carbocycles. The van der Waals surface area contributed by atoms with Crippen molar-refractivity contribution >= 4 is 5.97 Å². The van der Waals surface area contributed by atoms with Crippen LogP contribution in [0.1, 0.15) is 198 Å². The summed E-state index contributed by atoms with van der Waals surface area (Å²) in [6, 6.07) is 0. The summed E-state index contributed by atoms with van der Waals surface area (Å²) in [5, 5.41) is 19.0. The van der Waals surface area contributed by atoms with E-state index in [0.29, 0.717) is 68.0 Å². The number of hydrogen-bond acceptors (Lipinski definition) is 4. The maximum atomic E-state index is 9.73. The van der Waals surface area contributed by atoms with Crippen molar-refractivity contribution in [3.63, 3.8) is 0 Å². The molecule has 0 aromatic carbocycles. The Morgan fingerprint density at radius 3 is 1.00 bits per heavy atom. The lowest BCUT2D eigenvalue weighted by atomic mass is 9.45. The molecule has 0 aliphatic rings. The first-order chi connectivity index (χ1) is 19.8. The van der Waals surface area contributed by atoms with E-state index in [1.54, 1.807) is 0 Å². The lowest BCUT2D eigenvalue weighted by Crippen LogP contribution is -2.53.